The summed E-state index contributed by atoms with van der Waals surface area (Å²) in [5.41, 5.74) is 0.713. The van der Waals surface area contributed by atoms with Gasteiger partial charge in [-0.25, -0.2) is 13.2 Å². The fourth-order valence-electron chi connectivity index (χ4n) is 2.28. The molecular formula is C17H18O6S. The number of hydrogen-bond acceptors (Lipinski definition) is 5. The van der Waals surface area contributed by atoms with Gasteiger partial charge in [-0.05, 0) is 43.2 Å². The molecule has 0 spiro atoms. The average Bonchev–Trinajstić information content (AvgIpc) is 2.50. The van der Waals surface area contributed by atoms with E-state index in [0.717, 1.165) is 0 Å². The van der Waals surface area contributed by atoms with Crippen LogP contribution in [0.4, 0.5) is 0 Å². The minimum Gasteiger partial charge on any atom is -0.507 e. The lowest BCUT2D eigenvalue weighted by molar-refractivity contribution is 0.0693. The number of sulfone groups is 1. The summed E-state index contributed by atoms with van der Waals surface area (Å²) in [5, 5.41) is 18.7. The van der Waals surface area contributed by atoms with E-state index < -0.39 is 15.8 Å². The number of ether oxygens (including phenoxy) is 1. The predicted octanol–water partition coefficient (Wildman–Crippen LogP) is 2.56. The molecule has 0 aliphatic rings. The summed E-state index contributed by atoms with van der Waals surface area (Å²) in [7, 11) is -3.50. The number of rotatable bonds is 6. The molecule has 24 heavy (non-hydrogen) atoms. The second kappa shape index (κ2) is 6.92. The summed E-state index contributed by atoms with van der Waals surface area (Å²) in [5.74, 6) is -1.65. The number of carboxylic acid groups (broad SMARTS) is 1. The second-order valence-corrected chi connectivity index (χ2v) is 7.45. The van der Waals surface area contributed by atoms with Crippen LogP contribution in [-0.2, 0) is 9.84 Å². The van der Waals surface area contributed by atoms with E-state index in [0.29, 0.717) is 11.1 Å². The van der Waals surface area contributed by atoms with Gasteiger partial charge in [-0.3, -0.25) is 0 Å². The van der Waals surface area contributed by atoms with Gasteiger partial charge in [0, 0.05) is 0 Å². The maximum absolute atomic E-state index is 12.3. The van der Waals surface area contributed by atoms with Gasteiger partial charge in [0.1, 0.15) is 23.7 Å². The van der Waals surface area contributed by atoms with E-state index in [4.69, 9.17) is 9.84 Å². The summed E-state index contributed by atoms with van der Waals surface area (Å²) >= 11 is 0. The highest BCUT2D eigenvalue weighted by molar-refractivity contribution is 7.91. The van der Waals surface area contributed by atoms with Crippen molar-refractivity contribution in [1.29, 1.82) is 0 Å². The fourth-order valence-corrected chi connectivity index (χ4v) is 3.64. The van der Waals surface area contributed by atoms with Crippen molar-refractivity contribution in [2.45, 2.75) is 18.7 Å². The smallest absolute Gasteiger partial charge is 0.339 e. The Morgan fingerprint density at radius 1 is 1.12 bits per heavy atom. The quantitative estimate of drug-likeness (QED) is 0.830. The number of carbonyl (C=O) groups is 1. The Kier molecular flexibility index (Phi) is 5.14. The molecule has 0 saturated carbocycles. The highest BCUT2D eigenvalue weighted by atomic mass is 32.2. The van der Waals surface area contributed by atoms with Crippen LogP contribution in [0.25, 0.3) is 0 Å². The molecule has 0 aromatic heterocycles. The highest BCUT2D eigenvalue weighted by Gasteiger charge is 2.18. The van der Waals surface area contributed by atoms with E-state index in [1.165, 1.54) is 18.2 Å². The molecule has 0 radical (unpaired) electrons. The first-order valence-corrected chi connectivity index (χ1v) is 8.85. The molecule has 2 aromatic carbocycles. The maximum atomic E-state index is 12.3. The lowest BCUT2D eigenvalue weighted by atomic mass is 10.1. The third-order valence-electron chi connectivity index (χ3n) is 3.55. The molecule has 2 rings (SSSR count). The molecule has 6 nitrogen and oxygen atoms in total. The Hall–Kier alpha value is -2.54. The molecule has 0 aliphatic heterocycles. The maximum Gasteiger partial charge on any atom is 0.339 e. The highest BCUT2D eigenvalue weighted by Crippen LogP contribution is 2.28. The van der Waals surface area contributed by atoms with E-state index in [-0.39, 0.29) is 34.3 Å². The first-order chi connectivity index (χ1) is 11.2. The van der Waals surface area contributed by atoms with Crippen molar-refractivity contribution in [1.82, 2.24) is 0 Å². The summed E-state index contributed by atoms with van der Waals surface area (Å²) in [4.78, 5) is 11.3. The van der Waals surface area contributed by atoms with E-state index in [2.05, 4.69) is 0 Å². The lowest BCUT2D eigenvalue weighted by Crippen LogP contribution is -2.15. The van der Waals surface area contributed by atoms with Crippen LogP contribution in [0.1, 0.15) is 21.5 Å². The van der Waals surface area contributed by atoms with Crippen molar-refractivity contribution in [3.05, 3.63) is 53.1 Å². The van der Waals surface area contributed by atoms with Crippen LogP contribution in [0.2, 0.25) is 0 Å². The molecule has 0 unspecified atom stereocenters. The van der Waals surface area contributed by atoms with Crippen LogP contribution >= 0.6 is 0 Å². The molecule has 7 heteroatoms. The fraction of sp³-hybridized carbons (Fsp3) is 0.235. The van der Waals surface area contributed by atoms with Gasteiger partial charge in [-0.1, -0.05) is 18.2 Å². The molecule has 0 atom stereocenters. The van der Waals surface area contributed by atoms with Crippen LogP contribution in [0.5, 0.6) is 11.5 Å². The number of aryl methyl sites for hydroxylation is 2. The molecule has 2 aromatic rings. The van der Waals surface area contributed by atoms with Gasteiger partial charge in [0.05, 0.1) is 10.6 Å². The lowest BCUT2D eigenvalue weighted by Gasteiger charge is -2.11. The van der Waals surface area contributed by atoms with E-state index in [9.17, 15) is 18.3 Å². The summed E-state index contributed by atoms with van der Waals surface area (Å²) in [6.45, 7) is 3.13. The predicted molar refractivity (Wildman–Crippen MR) is 88.5 cm³/mol. The monoisotopic (exact) mass is 350 g/mol. The second-order valence-electron chi connectivity index (χ2n) is 5.37. The topological polar surface area (TPSA) is 101 Å². The molecular weight excluding hydrogens is 332 g/mol. The third-order valence-corrected chi connectivity index (χ3v) is 5.39. The Labute approximate surface area is 140 Å². The van der Waals surface area contributed by atoms with Crippen LogP contribution in [0, 0.1) is 13.8 Å². The summed E-state index contributed by atoms with van der Waals surface area (Å²) in [6, 6.07) is 9.31. The molecule has 0 amide bonds. The van der Waals surface area contributed by atoms with Gasteiger partial charge in [0.25, 0.3) is 0 Å². The zero-order valence-corrected chi connectivity index (χ0v) is 14.1. The van der Waals surface area contributed by atoms with Gasteiger partial charge in [-0.15, -0.1) is 0 Å². The van der Waals surface area contributed by atoms with Gasteiger partial charge in [0.2, 0.25) is 0 Å². The molecule has 128 valence electrons. The largest absolute Gasteiger partial charge is 0.507 e. The first-order valence-electron chi connectivity index (χ1n) is 7.20. The number of hydrogen-bond donors (Lipinski definition) is 2. The van der Waals surface area contributed by atoms with Crippen molar-refractivity contribution in [3.8, 4) is 11.5 Å². The average molecular weight is 350 g/mol. The molecule has 0 heterocycles. The van der Waals surface area contributed by atoms with Crippen LogP contribution < -0.4 is 4.74 Å². The Bertz CT molecular complexity index is 871. The van der Waals surface area contributed by atoms with Crippen LogP contribution in [0.3, 0.4) is 0 Å². The number of benzene rings is 2. The summed E-state index contributed by atoms with van der Waals surface area (Å²) < 4.78 is 30.0. The van der Waals surface area contributed by atoms with Crippen molar-refractivity contribution in [2.75, 3.05) is 12.4 Å². The SMILES string of the molecule is Cc1ccccc1S(=O)(=O)CCOc1cc(C)c(O)c(C(=O)O)c1. The van der Waals surface area contributed by atoms with Crippen molar-refractivity contribution >= 4 is 15.8 Å². The van der Waals surface area contributed by atoms with Crippen molar-refractivity contribution in [3.63, 3.8) is 0 Å². The summed E-state index contributed by atoms with van der Waals surface area (Å²) in [6.07, 6.45) is 0. The third kappa shape index (κ3) is 3.86. The zero-order chi connectivity index (χ0) is 17.9. The van der Waals surface area contributed by atoms with Crippen molar-refractivity contribution < 1.29 is 28.2 Å². The van der Waals surface area contributed by atoms with E-state index >= 15 is 0 Å². The van der Waals surface area contributed by atoms with Gasteiger partial charge in [-0.2, -0.15) is 0 Å². The Morgan fingerprint density at radius 3 is 2.42 bits per heavy atom. The van der Waals surface area contributed by atoms with Crippen LogP contribution in [-0.4, -0.2) is 37.0 Å². The Balaban J connectivity index is 2.12. The van der Waals surface area contributed by atoms with Crippen LogP contribution in [0.15, 0.2) is 41.3 Å². The van der Waals surface area contributed by atoms with Gasteiger partial charge in [0.15, 0.2) is 9.84 Å². The number of phenols is 1. The minimum absolute atomic E-state index is 0.125. The Morgan fingerprint density at radius 2 is 1.79 bits per heavy atom. The molecule has 0 bridgehead atoms. The van der Waals surface area contributed by atoms with Gasteiger partial charge >= 0.3 is 5.97 Å². The molecule has 0 fully saturated rings. The standard InChI is InChI=1S/C17H18O6S/c1-11-5-3-4-6-15(11)24(21,22)8-7-23-13-9-12(2)16(18)14(10-13)17(19)20/h3-6,9-10,18H,7-8H2,1-2H3,(H,19,20). The number of aromatic hydroxyl groups is 1. The first kappa shape index (κ1) is 17.8. The minimum atomic E-state index is -3.50. The van der Waals surface area contributed by atoms with E-state index in [1.807, 2.05) is 0 Å². The van der Waals surface area contributed by atoms with E-state index in [1.54, 1.807) is 32.0 Å². The normalized spacial score (nSPS) is 11.2. The molecule has 0 saturated heterocycles. The zero-order valence-electron chi connectivity index (χ0n) is 13.3. The number of aromatic carboxylic acids is 1. The molecule has 0 aliphatic carbocycles. The number of carboxylic acids is 1. The van der Waals surface area contributed by atoms with Crippen molar-refractivity contribution in [2.24, 2.45) is 0 Å². The molecule has 2 N–H and O–H groups in total. The van der Waals surface area contributed by atoms with Gasteiger partial charge < -0.3 is 14.9 Å².